The summed E-state index contributed by atoms with van der Waals surface area (Å²) in [5.74, 6) is -0.228. The van der Waals surface area contributed by atoms with E-state index in [1.54, 1.807) is 23.5 Å². The number of nitrogens with zero attached hydrogens (tertiary/aromatic N) is 2. The molecule has 0 unspecified atom stereocenters. The highest BCUT2D eigenvalue weighted by molar-refractivity contribution is 7.15. The number of halogens is 1. The third kappa shape index (κ3) is 2.92. The Morgan fingerprint density at radius 1 is 1.00 bits per heavy atom. The summed E-state index contributed by atoms with van der Waals surface area (Å²) in [6, 6.07) is 10.7. The lowest BCUT2D eigenvalue weighted by Gasteiger charge is -2.04. The van der Waals surface area contributed by atoms with Crippen LogP contribution in [0.5, 0.6) is 0 Å². The summed E-state index contributed by atoms with van der Waals surface area (Å²) in [7, 11) is 0. The van der Waals surface area contributed by atoms with Crippen molar-refractivity contribution in [3.05, 3.63) is 59.1 Å². The molecule has 0 aliphatic heterocycles. The van der Waals surface area contributed by atoms with Crippen molar-refractivity contribution in [3.8, 4) is 21.7 Å². The van der Waals surface area contributed by atoms with Crippen molar-refractivity contribution >= 4 is 11.3 Å². The maximum Gasteiger partial charge on any atom is 0.123 e. The molecule has 0 bridgehead atoms. The lowest BCUT2D eigenvalue weighted by atomic mass is 10.1. The van der Waals surface area contributed by atoms with Crippen LogP contribution in [0.2, 0.25) is 0 Å². The number of hydrogen-bond donors (Lipinski definition) is 0. The smallest absolute Gasteiger partial charge is 0.123 e. The normalized spacial score (nSPS) is 10.9. The van der Waals surface area contributed by atoms with E-state index in [2.05, 4.69) is 24.9 Å². The van der Waals surface area contributed by atoms with Crippen LogP contribution in [-0.4, -0.2) is 9.97 Å². The molecule has 2 nitrogen and oxygen atoms in total. The minimum Gasteiger partial charge on any atom is -0.261 e. The molecule has 0 radical (unpaired) electrons. The van der Waals surface area contributed by atoms with Crippen molar-refractivity contribution < 1.29 is 4.39 Å². The maximum absolute atomic E-state index is 13.2. The molecule has 0 aliphatic rings. The second-order valence-corrected chi connectivity index (χ2v) is 6.12. The summed E-state index contributed by atoms with van der Waals surface area (Å²) < 4.78 is 13.2. The van der Waals surface area contributed by atoms with E-state index in [0.717, 1.165) is 45.2 Å². The molecule has 3 aromatic rings. The molecule has 0 saturated carbocycles. The Bertz CT molecular complexity index is 778. The summed E-state index contributed by atoms with van der Waals surface area (Å²) in [6.45, 7) is 4.19. The molecule has 0 aliphatic carbocycles. The van der Waals surface area contributed by atoms with E-state index < -0.39 is 0 Å². The van der Waals surface area contributed by atoms with Gasteiger partial charge >= 0.3 is 0 Å². The van der Waals surface area contributed by atoms with Crippen LogP contribution in [-0.2, 0) is 12.8 Å². The van der Waals surface area contributed by atoms with E-state index in [1.807, 2.05) is 12.3 Å². The summed E-state index contributed by atoms with van der Waals surface area (Å²) in [5, 5.41) is 1.09. The van der Waals surface area contributed by atoms with Crippen LogP contribution in [0.15, 0.2) is 42.6 Å². The average Bonchev–Trinajstić information content (AvgIpc) is 3.00. The number of hydrogen-bond acceptors (Lipinski definition) is 3. The number of benzene rings is 1. The lowest BCUT2D eigenvalue weighted by molar-refractivity contribution is 0.628. The van der Waals surface area contributed by atoms with E-state index in [9.17, 15) is 4.39 Å². The molecule has 0 spiro atoms. The van der Waals surface area contributed by atoms with Crippen LogP contribution in [0.3, 0.4) is 0 Å². The number of pyridine rings is 1. The molecule has 2 aromatic heterocycles. The van der Waals surface area contributed by atoms with Gasteiger partial charge in [-0.25, -0.2) is 9.37 Å². The number of aromatic nitrogens is 2. The molecular formula is C18H17FN2S. The quantitative estimate of drug-likeness (QED) is 0.667. The predicted octanol–water partition coefficient (Wildman–Crippen LogP) is 5.14. The van der Waals surface area contributed by atoms with E-state index >= 15 is 0 Å². The largest absolute Gasteiger partial charge is 0.261 e. The van der Waals surface area contributed by atoms with Crippen molar-refractivity contribution in [2.75, 3.05) is 0 Å². The maximum atomic E-state index is 13.2. The van der Waals surface area contributed by atoms with Gasteiger partial charge in [0.1, 0.15) is 5.82 Å². The van der Waals surface area contributed by atoms with Crippen molar-refractivity contribution in [1.29, 1.82) is 0 Å². The highest BCUT2D eigenvalue weighted by atomic mass is 32.1. The Labute approximate surface area is 133 Å². The van der Waals surface area contributed by atoms with Gasteiger partial charge in [-0.1, -0.05) is 13.8 Å². The third-order valence-electron chi connectivity index (χ3n) is 3.53. The Kier molecular flexibility index (Phi) is 4.29. The molecule has 112 valence electrons. The van der Waals surface area contributed by atoms with E-state index in [4.69, 9.17) is 4.98 Å². The van der Waals surface area contributed by atoms with Gasteiger partial charge in [0.05, 0.1) is 15.6 Å². The van der Waals surface area contributed by atoms with Crippen LogP contribution in [0, 0.1) is 5.82 Å². The van der Waals surface area contributed by atoms with E-state index in [1.165, 1.54) is 12.1 Å². The van der Waals surface area contributed by atoms with Gasteiger partial charge < -0.3 is 0 Å². The molecule has 3 rings (SSSR count). The second kappa shape index (κ2) is 6.36. The van der Waals surface area contributed by atoms with Gasteiger partial charge in [0.15, 0.2) is 0 Å². The Morgan fingerprint density at radius 2 is 1.77 bits per heavy atom. The zero-order valence-electron chi connectivity index (χ0n) is 12.6. The molecular weight excluding hydrogens is 295 g/mol. The molecule has 0 amide bonds. The zero-order chi connectivity index (χ0) is 15.5. The first-order chi connectivity index (χ1) is 10.7. The van der Waals surface area contributed by atoms with E-state index in [-0.39, 0.29) is 5.82 Å². The SMILES string of the molecule is CCc1cc(-c2sc(CC)nc2-c2ccc(F)cc2)ccn1. The minimum atomic E-state index is -0.228. The van der Waals surface area contributed by atoms with Gasteiger partial charge in [0.2, 0.25) is 0 Å². The van der Waals surface area contributed by atoms with Crippen molar-refractivity contribution in [2.24, 2.45) is 0 Å². The fourth-order valence-corrected chi connectivity index (χ4v) is 3.35. The van der Waals surface area contributed by atoms with Gasteiger partial charge in [-0.3, -0.25) is 4.98 Å². The molecule has 1 aromatic carbocycles. The van der Waals surface area contributed by atoms with E-state index in [0.29, 0.717) is 0 Å². The Hall–Kier alpha value is -2.07. The number of rotatable bonds is 4. The molecule has 2 heterocycles. The average molecular weight is 312 g/mol. The summed E-state index contributed by atoms with van der Waals surface area (Å²) in [4.78, 5) is 10.2. The van der Waals surface area contributed by atoms with Crippen molar-refractivity contribution in [2.45, 2.75) is 26.7 Å². The Balaban J connectivity index is 2.14. The standard InChI is InChI=1S/C18H17FN2S/c1-3-15-11-13(9-10-20-15)18-17(21-16(4-2)22-18)12-5-7-14(19)8-6-12/h5-11H,3-4H2,1-2H3. The fourth-order valence-electron chi connectivity index (χ4n) is 2.33. The zero-order valence-corrected chi connectivity index (χ0v) is 13.5. The number of thiazole rings is 1. The van der Waals surface area contributed by atoms with Gasteiger partial charge in [0.25, 0.3) is 0 Å². The molecule has 0 saturated heterocycles. The first kappa shape index (κ1) is 14.9. The monoisotopic (exact) mass is 312 g/mol. The first-order valence-corrected chi connectivity index (χ1v) is 8.23. The van der Waals surface area contributed by atoms with Crippen molar-refractivity contribution in [3.63, 3.8) is 0 Å². The van der Waals surface area contributed by atoms with Crippen LogP contribution in [0.1, 0.15) is 24.5 Å². The Morgan fingerprint density at radius 3 is 2.45 bits per heavy atom. The minimum absolute atomic E-state index is 0.228. The van der Waals surface area contributed by atoms with Crippen molar-refractivity contribution in [1.82, 2.24) is 9.97 Å². The molecule has 22 heavy (non-hydrogen) atoms. The topological polar surface area (TPSA) is 25.8 Å². The van der Waals surface area contributed by atoms with Gasteiger partial charge in [0, 0.05) is 17.5 Å². The van der Waals surface area contributed by atoms with Crippen LogP contribution in [0.4, 0.5) is 4.39 Å². The van der Waals surface area contributed by atoms with Crippen LogP contribution < -0.4 is 0 Å². The predicted molar refractivity (Wildman–Crippen MR) is 89.5 cm³/mol. The van der Waals surface area contributed by atoms with Gasteiger partial charge in [-0.05, 0) is 54.8 Å². The molecule has 4 heteroatoms. The molecule has 0 atom stereocenters. The summed E-state index contributed by atoms with van der Waals surface area (Å²) in [5.41, 5.74) is 4.06. The summed E-state index contributed by atoms with van der Waals surface area (Å²) in [6.07, 6.45) is 3.64. The van der Waals surface area contributed by atoms with Gasteiger partial charge in [-0.2, -0.15) is 0 Å². The number of aryl methyl sites for hydroxylation is 2. The molecule has 0 N–H and O–H groups in total. The van der Waals surface area contributed by atoms with Gasteiger partial charge in [-0.15, -0.1) is 11.3 Å². The molecule has 0 fully saturated rings. The highest BCUT2D eigenvalue weighted by Crippen LogP contribution is 2.37. The van der Waals surface area contributed by atoms with Crippen LogP contribution in [0.25, 0.3) is 21.7 Å². The van der Waals surface area contributed by atoms with Crippen LogP contribution >= 0.6 is 11.3 Å². The third-order valence-corrected chi connectivity index (χ3v) is 4.78. The lowest BCUT2D eigenvalue weighted by Crippen LogP contribution is -1.88. The second-order valence-electron chi connectivity index (χ2n) is 5.04. The summed E-state index contributed by atoms with van der Waals surface area (Å²) >= 11 is 1.70. The fraction of sp³-hybridized carbons (Fsp3) is 0.222. The first-order valence-electron chi connectivity index (χ1n) is 7.42. The highest BCUT2D eigenvalue weighted by Gasteiger charge is 2.14.